The van der Waals surface area contributed by atoms with Crippen molar-refractivity contribution in [2.24, 2.45) is 5.92 Å². The highest BCUT2D eigenvalue weighted by Crippen LogP contribution is 2.48. The van der Waals surface area contributed by atoms with Crippen LogP contribution in [-0.2, 0) is 14.0 Å². The van der Waals surface area contributed by atoms with E-state index in [1.165, 1.54) is 0 Å². The minimum absolute atomic E-state index is 0.163. The summed E-state index contributed by atoms with van der Waals surface area (Å²) in [5, 5.41) is 13.2. The number of hydrogen-bond acceptors (Lipinski definition) is 3. The zero-order chi connectivity index (χ0) is 33.8. The highest BCUT2D eigenvalue weighted by Gasteiger charge is 2.52. The predicted octanol–water partition coefficient (Wildman–Crippen LogP) is 8.50. The van der Waals surface area contributed by atoms with Crippen molar-refractivity contribution in [2.45, 2.75) is 70.0 Å². The lowest BCUT2D eigenvalue weighted by Gasteiger charge is -2.50. The van der Waals surface area contributed by atoms with E-state index in [1.54, 1.807) is 0 Å². The highest BCUT2D eigenvalue weighted by atomic mass is 35.5. The Balaban J connectivity index is 1.65. The Kier molecular flexibility index (Phi) is 11.0. The monoisotopic (exact) mass is 687 g/mol. The van der Waals surface area contributed by atoms with E-state index in [2.05, 4.69) is 76.2 Å². The molecule has 0 saturated carbocycles. The molecule has 8 heteroatoms. The molecule has 246 valence electrons. The predicted molar refractivity (Wildman–Crippen MR) is 193 cm³/mol. The van der Waals surface area contributed by atoms with E-state index in [9.17, 15) is 14.7 Å². The third-order valence-electron chi connectivity index (χ3n) is 9.51. The first-order valence-electron chi connectivity index (χ1n) is 16.3. The van der Waals surface area contributed by atoms with Crippen molar-refractivity contribution in [3.63, 3.8) is 0 Å². The lowest BCUT2D eigenvalue weighted by molar-refractivity contribution is -0.153. The minimum atomic E-state index is -2.92. The third kappa shape index (κ3) is 7.36. The van der Waals surface area contributed by atoms with Crippen LogP contribution >= 0.6 is 23.2 Å². The molecule has 0 bridgehead atoms. The van der Waals surface area contributed by atoms with Crippen LogP contribution in [0.15, 0.2) is 109 Å². The van der Waals surface area contributed by atoms with Gasteiger partial charge in [-0.15, -0.1) is 0 Å². The molecule has 0 aromatic heterocycles. The van der Waals surface area contributed by atoms with E-state index in [1.807, 2.05) is 65.6 Å². The fraction of sp³-hybridized carbons (Fsp3) is 0.333. The second-order valence-corrected chi connectivity index (χ2v) is 18.6. The zero-order valence-electron chi connectivity index (χ0n) is 27.4. The first kappa shape index (κ1) is 34.9. The number of rotatable bonds is 11. The van der Waals surface area contributed by atoms with Gasteiger partial charge in [-0.05, 0) is 63.6 Å². The summed E-state index contributed by atoms with van der Waals surface area (Å²) < 4.78 is 7.39. The Hall–Kier alpha value is -3.42. The maximum absolute atomic E-state index is 14.6. The van der Waals surface area contributed by atoms with Crippen molar-refractivity contribution in [1.82, 2.24) is 4.90 Å². The summed E-state index contributed by atoms with van der Waals surface area (Å²) in [7, 11) is -2.92. The van der Waals surface area contributed by atoms with Crippen LogP contribution < -0.4 is 10.4 Å². The van der Waals surface area contributed by atoms with Crippen molar-refractivity contribution < 1.29 is 19.1 Å². The molecule has 1 aliphatic rings. The van der Waals surface area contributed by atoms with Gasteiger partial charge in [0.1, 0.15) is 0 Å². The molecule has 1 N–H and O–H groups in total. The lowest BCUT2D eigenvalue weighted by atomic mass is 9.74. The molecule has 0 radical (unpaired) electrons. The molecule has 1 aliphatic heterocycles. The van der Waals surface area contributed by atoms with Gasteiger partial charge < -0.3 is 14.4 Å². The maximum Gasteiger partial charge on any atom is 0.304 e. The van der Waals surface area contributed by atoms with Crippen molar-refractivity contribution in [3.8, 4) is 0 Å². The van der Waals surface area contributed by atoms with Gasteiger partial charge in [0.15, 0.2) is 0 Å². The number of hydrogen-bond donors (Lipinski definition) is 1. The number of carboxylic acid groups (broad SMARTS) is 1. The number of nitrogens with zero attached hydrogens (tertiary/aromatic N) is 1. The van der Waals surface area contributed by atoms with E-state index in [0.29, 0.717) is 29.5 Å². The summed E-state index contributed by atoms with van der Waals surface area (Å²) in [6.07, 6.45) is 0.767. The molecule has 4 atom stereocenters. The van der Waals surface area contributed by atoms with E-state index in [-0.39, 0.29) is 35.4 Å². The fourth-order valence-electron chi connectivity index (χ4n) is 7.35. The SMILES string of the molecule is CCC(CO[Si](c1ccccc1)(c1ccccc1)C(C)(C)C)N1C(=O)C(CC(=O)O)C[C@H](c2cccc(Cl)c2)[C@H]1c1ccc(Cl)cc1. The average molecular weight is 689 g/mol. The van der Waals surface area contributed by atoms with E-state index in [0.717, 1.165) is 21.5 Å². The quantitative estimate of drug-likeness (QED) is 0.161. The van der Waals surface area contributed by atoms with Gasteiger partial charge in [-0.2, -0.15) is 0 Å². The second-order valence-electron chi connectivity index (χ2n) is 13.5. The Morgan fingerprint density at radius 3 is 1.98 bits per heavy atom. The van der Waals surface area contributed by atoms with Gasteiger partial charge in [-0.25, -0.2) is 0 Å². The molecule has 1 saturated heterocycles. The molecule has 5 rings (SSSR count). The number of halogens is 2. The van der Waals surface area contributed by atoms with Crippen LogP contribution in [0.2, 0.25) is 15.1 Å². The van der Waals surface area contributed by atoms with Crippen LogP contribution in [0.1, 0.15) is 70.0 Å². The van der Waals surface area contributed by atoms with Crippen LogP contribution in [0.4, 0.5) is 0 Å². The molecule has 1 fully saturated rings. The van der Waals surface area contributed by atoms with Gasteiger partial charge in [-0.3, -0.25) is 9.59 Å². The summed E-state index contributed by atoms with van der Waals surface area (Å²) >= 11 is 12.8. The number of piperidine rings is 1. The highest BCUT2D eigenvalue weighted by molar-refractivity contribution is 6.99. The van der Waals surface area contributed by atoms with Gasteiger partial charge in [0.25, 0.3) is 8.32 Å². The molecule has 1 amide bonds. The number of carbonyl (C=O) groups is 2. The smallest absolute Gasteiger partial charge is 0.304 e. The summed E-state index contributed by atoms with van der Waals surface area (Å²) in [5.41, 5.74) is 1.90. The molecule has 4 aromatic carbocycles. The topological polar surface area (TPSA) is 66.8 Å². The van der Waals surface area contributed by atoms with E-state index >= 15 is 0 Å². The normalized spacial score (nSPS) is 19.4. The summed E-state index contributed by atoms with van der Waals surface area (Å²) in [6, 6.07) is 35.5. The van der Waals surface area contributed by atoms with Crippen LogP contribution in [0.25, 0.3) is 0 Å². The molecule has 1 heterocycles. The molecule has 5 nitrogen and oxygen atoms in total. The lowest BCUT2D eigenvalue weighted by Crippen LogP contribution is -2.67. The third-order valence-corrected chi connectivity index (χ3v) is 15.0. The Labute approximate surface area is 289 Å². The van der Waals surface area contributed by atoms with Crippen molar-refractivity contribution >= 4 is 53.8 Å². The van der Waals surface area contributed by atoms with Crippen LogP contribution in [0.3, 0.4) is 0 Å². The summed E-state index contributed by atoms with van der Waals surface area (Å²) in [5.74, 6) is -2.04. The molecular formula is C39H43Cl2NO4Si. The molecule has 0 spiro atoms. The average Bonchev–Trinajstić information content (AvgIpc) is 3.05. The van der Waals surface area contributed by atoms with Crippen molar-refractivity contribution in [3.05, 3.63) is 130 Å². The Bertz CT molecular complexity index is 1620. The standard InChI is InChI=1S/C39H43Cl2NO4Si/c1-5-32(26-46-47(39(2,3)4,33-15-8-6-9-16-33)34-17-10-7-11-18-34)42-37(27-19-21-30(40)22-20-27)35(28-13-12-14-31(41)23-28)24-29(38(42)45)25-36(43)44/h6-23,29,32,35,37H,5,24-26H2,1-4H3,(H,43,44)/t29?,32?,35-,37-/m1/s1. The number of carboxylic acids is 1. The summed E-state index contributed by atoms with van der Waals surface area (Å²) in [4.78, 5) is 28.6. The largest absolute Gasteiger partial charge is 0.481 e. The molecule has 47 heavy (non-hydrogen) atoms. The number of amides is 1. The fourth-order valence-corrected chi connectivity index (χ4v) is 12.3. The van der Waals surface area contributed by atoms with Gasteiger partial charge >= 0.3 is 5.97 Å². The second kappa shape index (κ2) is 14.8. The van der Waals surface area contributed by atoms with Gasteiger partial charge in [0, 0.05) is 21.9 Å². The van der Waals surface area contributed by atoms with Crippen LogP contribution in [-0.4, -0.2) is 42.8 Å². The number of benzene rings is 4. The number of likely N-dealkylation sites (tertiary alicyclic amines) is 1. The van der Waals surface area contributed by atoms with Gasteiger partial charge in [0.2, 0.25) is 5.91 Å². The van der Waals surface area contributed by atoms with Crippen molar-refractivity contribution in [2.75, 3.05) is 6.61 Å². The van der Waals surface area contributed by atoms with Crippen LogP contribution in [0, 0.1) is 5.92 Å². The maximum atomic E-state index is 14.6. The van der Waals surface area contributed by atoms with Gasteiger partial charge in [-0.1, -0.05) is 136 Å². The number of carbonyl (C=O) groups excluding carboxylic acids is 1. The molecule has 0 aliphatic carbocycles. The number of aliphatic carboxylic acids is 1. The molecular weight excluding hydrogens is 645 g/mol. The first-order valence-corrected chi connectivity index (χ1v) is 18.9. The van der Waals surface area contributed by atoms with E-state index < -0.39 is 20.2 Å². The van der Waals surface area contributed by atoms with Crippen molar-refractivity contribution in [1.29, 1.82) is 0 Å². The Morgan fingerprint density at radius 2 is 1.47 bits per heavy atom. The van der Waals surface area contributed by atoms with Gasteiger partial charge in [0.05, 0.1) is 25.1 Å². The van der Waals surface area contributed by atoms with E-state index in [4.69, 9.17) is 27.6 Å². The zero-order valence-corrected chi connectivity index (χ0v) is 29.9. The van der Waals surface area contributed by atoms with Crippen LogP contribution in [0.5, 0.6) is 0 Å². The first-order chi connectivity index (χ1) is 22.5. The Morgan fingerprint density at radius 1 is 0.872 bits per heavy atom. The molecule has 2 unspecified atom stereocenters. The molecule has 4 aromatic rings. The summed E-state index contributed by atoms with van der Waals surface area (Å²) in [6.45, 7) is 9.07. The minimum Gasteiger partial charge on any atom is -0.481 e.